The summed E-state index contributed by atoms with van der Waals surface area (Å²) in [6.07, 6.45) is 1.87. The standard InChI is InChI=1S/C30H32F3N3O4/c1-6-12-35-29-22(28(39)21-8-7-20(31)16-23(21)32)9-10-25(37)36(29)27-18(2)14-19(15-24(27)33)11-13-34-17-26(38)40-30(3,4)5/h6-10,14-16,34-35H,1,11-13,17H2,2-5H3. The third-order valence-corrected chi connectivity index (χ3v) is 5.74. The monoisotopic (exact) mass is 555 g/mol. The summed E-state index contributed by atoms with van der Waals surface area (Å²) in [4.78, 5) is 38.2. The molecule has 40 heavy (non-hydrogen) atoms. The van der Waals surface area contributed by atoms with E-state index in [-0.39, 0.29) is 30.2 Å². The van der Waals surface area contributed by atoms with Crippen molar-refractivity contribution in [1.82, 2.24) is 9.88 Å². The minimum absolute atomic E-state index is 0.0000149. The maximum absolute atomic E-state index is 15.6. The molecule has 0 amide bonds. The Bertz CT molecular complexity index is 1470. The highest BCUT2D eigenvalue weighted by molar-refractivity contribution is 6.12. The molecule has 1 aromatic heterocycles. The van der Waals surface area contributed by atoms with Crippen LogP contribution in [0.25, 0.3) is 5.69 Å². The molecule has 0 aliphatic heterocycles. The minimum Gasteiger partial charge on any atom is -0.459 e. The van der Waals surface area contributed by atoms with Crippen molar-refractivity contribution in [1.29, 1.82) is 0 Å². The second-order valence-corrected chi connectivity index (χ2v) is 10.1. The molecule has 0 radical (unpaired) electrons. The zero-order valence-corrected chi connectivity index (χ0v) is 22.9. The van der Waals surface area contributed by atoms with Gasteiger partial charge in [0.15, 0.2) is 5.78 Å². The van der Waals surface area contributed by atoms with Gasteiger partial charge in [-0.2, -0.15) is 0 Å². The first-order valence-electron chi connectivity index (χ1n) is 12.6. The number of carbonyl (C=O) groups is 2. The van der Waals surface area contributed by atoms with Gasteiger partial charge in [0.1, 0.15) is 28.9 Å². The van der Waals surface area contributed by atoms with Crippen molar-refractivity contribution in [2.24, 2.45) is 0 Å². The van der Waals surface area contributed by atoms with Crippen molar-refractivity contribution >= 4 is 17.6 Å². The smallest absolute Gasteiger partial charge is 0.320 e. The Morgan fingerprint density at radius 2 is 1.73 bits per heavy atom. The number of nitrogens with one attached hydrogen (secondary N) is 2. The summed E-state index contributed by atoms with van der Waals surface area (Å²) in [6, 6.07) is 7.82. The van der Waals surface area contributed by atoms with Gasteiger partial charge in [-0.15, -0.1) is 6.58 Å². The number of pyridine rings is 1. The molecule has 0 saturated heterocycles. The van der Waals surface area contributed by atoms with E-state index < -0.39 is 45.9 Å². The molecule has 2 aromatic carbocycles. The van der Waals surface area contributed by atoms with Crippen LogP contribution in [0.1, 0.15) is 47.8 Å². The first-order chi connectivity index (χ1) is 18.8. The number of benzene rings is 2. The van der Waals surface area contributed by atoms with E-state index in [0.717, 1.165) is 22.8 Å². The minimum atomic E-state index is -1.07. The number of hydrogen-bond acceptors (Lipinski definition) is 6. The molecule has 0 unspecified atom stereocenters. The number of anilines is 1. The molecule has 3 rings (SSSR count). The molecule has 3 aromatic rings. The van der Waals surface area contributed by atoms with E-state index in [1.807, 2.05) is 0 Å². The summed E-state index contributed by atoms with van der Waals surface area (Å²) in [5.41, 5.74) is -0.803. The molecule has 0 spiro atoms. The van der Waals surface area contributed by atoms with Crippen LogP contribution in [0.15, 0.2) is 59.9 Å². The van der Waals surface area contributed by atoms with E-state index in [0.29, 0.717) is 30.2 Å². The Balaban J connectivity index is 1.96. The number of ketones is 1. The van der Waals surface area contributed by atoms with Crippen LogP contribution in [0.3, 0.4) is 0 Å². The van der Waals surface area contributed by atoms with Crippen molar-refractivity contribution in [2.75, 3.05) is 25.0 Å². The largest absolute Gasteiger partial charge is 0.459 e. The number of ether oxygens (including phenoxy) is 1. The fraction of sp³-hybridized carbons (Fsp3) is 0.300. The first-order valence-corrected chi connectivity index (χ1v) is 12.6. The van der Waals surface area contributed by atoms with Gasteiger partial charge >= 0.3 is 5.97 Å². The number of aryl methyl sites for hydroxylation is 1. The van der Waals surface area contributed by atoms with E-state index in [2.05, 4.69) is 17.2 Å². The van der Waals surface area contributed by atoms with Crippen LogP contribution in [-0.4, -0.2) is 41.6 Å². The highest BCUT2D eigenvalue weighted by Gasteiger charge is 2.24. The number of esters is 1. The van der Waals surface area contributed by atoms with Crippen molar-refractivity contribution in [2.45, 2.75) is 39.7 Å². The van der Waals surface area contributed by atoms with E-state index in [4.69, 9.17) is 4.74 Å². The molecule has 1 heterocycles. The summed E-state index contributed by atoms with van der Waals surface area (Å²) >= 11 is 0. The molecule has 7 nitrogen and oxygen atoms in total. The second-order valence-electron chi connectivity index (χ2n) is 10.1. The SMILES string of the molecule is C=CCNc1c(C(=O)c2ccc(F)cc2F)ccc(=O)n1-c1c(C)cc(CCNCC(=O)OC(C)(C)C)cc1F. The number of aromatic nitrogens is 1. The molecular weight excluding hydrogens is 523 g/mol. The average Bonchev–Trinajstić information content (AvgIpc) is 2.85. The third kappa shape index (κ3) is 7.47. The molecule has 0 bridgehead atoms. The predicted molar refractivity (Wildman–Crippen MR) is 148 cm³/mol. The van der Waals surface area contributed by atoms with Gasteiger partial charge in [0, 0.05) is 18.7 Å². The summed E-state index contributed by atoms with van der Waals surface area (Å²) in [6.45, 7) is 11.0. The van der Waals surface area contributed by atoms with Crippen LogP contribution < -0.4 is 16.2 Å². The van der Waals surface area contributed by atoms with Gasteiger partial charge < -0.3 is 15.4 Å². The van der Waals surface area contributed by atoms with Gasteiger partial charge in [-0.3, -0.25) is 19.0 Å². The first kappa shape index (κ1) is 30.4. The summed E-state index contributed by atoms with van der Waals surface area (Å²) < 4.78 is 49.7. The fourth-order valence-corrected chi connectivity index (χ4v) is 4.14. The zero-order valence-electron chi connectivity index (χ0n) is 22.9. The molecule has 0 atom stereocenters. The normalized spacial score (nSPS) is 11.3. The molecule has 0 aliphatic rings. The Labute approximate surface area is 230 Å². The van der Waals surface area contributed by atoms with Crippen molar-refractivity contribution in [3.05, 3.63) is 105 Å². The second kappa shape index (κ2) is 12.8. The summed E-state index contributed by atoms with van der Waals surface area (Å²) in [5, 5.41) is 5.86. The topological polar surface area (TPSA) is 89.4 Å². The lowest BCUT2D eigenvalue weighted by Gasteiger charge is -2.20. The Kier molecular flexibility index (Phi) is 9.70. The molecule has 0 aliphatic carbocycles. The molecule has 2 N–H and O–H groups in total. The van der Waals surface area contributed by atoms with E-state index >= 15 is 4.39 Å². The maximum atomic E-state index is 15.6. The average molecular weight is 556 g/mol. The molecule has 0 fully saturated rings. The highest BCUT2D eigenvalue weighted by atomic mass is 19.1. The van der Waals surface area contributed by atoms with Crippen LogP contribution in [0.4, 0.5) is 19.0 Å². The van der Waals surface area contributed by atoms with Gasteiger partial charge in [-0.1, -0.05) is 12.1 Å². The van der Waals surface area contributed by atoms with Crippen LogP contribution in [-0.2, 0) is 16.0 Å². The fourth-order valence-electron chi connectivity index (χ4n) is 4.14. The van der Waals surface area contributed by atoms with E-state index in [1.54, 1.807) is 33.8 Å². The van der Waals surface area contributed by atoms with E-state index in [9.17, 15) is 23.2 Å². The molecule has 0 saturated carbocycles. The Hall–Kier alpha value is -4.18. The number of rotatable bonds is 11. The molecular formula is C30H32F3N3O4. The number of carbonyl (C=O) groups excluding carboxylic acids is 2. The van der Waals surface area contributed by atoms with Crippen molar-refractivity contribution in [3.8, 4) is 5.69 Å². The van der Waals surface area contributed by atoms with Crippen molar-refractivity contribution in [3.63, 3.8) is 0 Å². The number of nitrogens with zero attached hydrogens (tertiary/aromatic N) is 1. The van der Waals surface area contributed by atoms with Crippen LogP contribution in [0, 0.1) is 24.4 Å². The lowest BCUT2D eigenvalue weighted by atomic mass is 10.0. The van der Waals surface area contributed by atoms with Gasteiger partial charge in [0.05, 0.1) is 23.4 Å². The Morgan fingerprint density at radius 1 is 1.02 bits per heavy atom. The van der Waals surface area contributed by atoms with Crippen molar-refractivity contribution < 1.29 is 27.5 Å². The van der Waals surface area contributed by atoms with Gasteiger partial charge in [0.25, 0.3) is 5.56 Å². The lowest BCUT2D eigenvalue weighted by Crippen LogP contribution is -2.32. The summed E-state index contributed by atoms with van der Waals surface area (Å²) in [7, 11) is 0. The van der Waals surface area contributed by atoms with Crippen LogP contribution in [0.2, 0.25) is 0 Å². The van der Waals surface area contributed by atoms with Crippen LogP contribution in [0.5, 0.6) is 0 Å². The van der Waals surface area contributed by atoms with Gasteiger partial charge in [-0.05, 0) is 76.1 Å². The Morgan fingerprint density at radius 3 is 2.35 bits per heavy atom. The van der Waals surface area contributed by atoms with Crippen LogP contribution >= 0.6 is 0 Å². The third-order valence-electron chi connectivity index (χ3n) is 5.74. The quantitative estimate of drug-likeness (QED) is 0.152. The number of halogens is 3. The number of hydrogen-bond donors (Lipinski definition) is 2. The van der Waals surface area contributed by atoms with Gasteiger partial charge in [-0.25, -0.2) is 13.2 Å². The predicted octanol–water partition coefficient (Wildman–Crippen LogP) is 4.87. The molecule has 212 valence electrons. The summed E-state index contributed by atoms with van der Waals surface area (Å²) in [5.74, 6) is -3.91. The lowest BCUT2D eigenvalue weighted by molar-refractivity contribution is -0.153. The van der Waals surface area contributed by atoms with Gasteiger partial charge in [0.2, 0.25) is 0 Å². The highest BCUT2D eigenvalue weighted by Crippen LogP contribution is 2.27. The maximum Gasteiger partial charge on any atom is 0.320 e. The molecule has 10 heteroatoms. The zero-order chi connectivity index (χ0) is 29.6. The van der Waals surface area contributed by atoms with E-state index in [1.165, 1.54) is 18.2 Å².